The molecule has 2 nitrogen and oxygen atoms in total. The van der Waals surface area contributed by atoms with Crippen LogP contribution in [-0.4, -0.2) is 12.2 Å². The molecule has 0 bridgehead atoms. The molecule has 1 aromatic heterocycles. The number of methoxy groups -OCH3 is 1. The summed E-state index contributed by atoms with van der Waals surface area (Å²) >= 11 is 1.31. The van der Waals surface area contributed by atoms with Gasteiger partial charge in [-0.05, 0) is 17.7 Å². The SMILES string of the molecule is COc1csc(C(O)Cc2cccc(C(F)(F)F)c2)c1. The number of rotatable bonds is 4. The van der Waals surface area contributed by atoms with Gasteiger partial charge in [-0.25, -0.2) is 0 Å². The third-order valence-electron chi connectivity index (χ3n) is 2.84. The van der Waals surface area contributed by atoms with Gasteiger partial charge in [0.05, 0.1) is 18.8 Å². The third-order valence-corrected chi connectivity index (χ3v) is 3.86. The standard InChI is InChI=1S/C14H13F3O2S/c1-19-11-7-13(20-8-11)12(18)6-9-3-2-4-10(5-9)14(15,16)17/h2-5,7-8,12,18H,6H2,1H3. The van der Waals surface area contributed by atoms with Crippen molar-refractivity contribution in [2.45, 2.75) is 18.7 Å². The van der Waals surface area contributed by atoms with Crippen LogP contribution >= 0.6 is 11.3 Å². The van der Waals surface area contributed by atoms with Crippen molar-refractivity contribution in [2.75, 3.05) is 7.11 Å². The van der Waals surface area contributed by atoms with E-state index in [1.807, 2.05) is 0 Å². The zero-order valence-corrected chi connectivity index (χ0v) is 11.5. The van der Waals surface area contributed by atoms with Crippen molar-refractivity contribution in [2.24, 2.45) is 0 Å². The predicted octanol–water partition coefficient (Wildman–Crippen LogP) is 4.05. The molecular weight excluding hydrogens is 289 g/mol. The molecule has 0 amide bonds. The van der Waals surface area contributed by atoms with Gasteiger partial charge in [0.1, 0.15) is 5.75 Å². The number of hydrogen-bond donors (Lipinski definition) is 1. The van der Waals surface area contributed by atoms with Gasteiger partial charge in [0.15, 0.2) is 0 Å². The van der Waals surface area contributed by atoms with Crippen molar-refractivity contribution in [3.63, 3.8) is 0 Å². The van der Waals surface area contributed by atoms with Crippen molar-refractivity contribution < 1.29 is 23.0 Å². The van der Waals surface area contributed by atoms with Crippen LogP contribution in [0.1, 0.15) is 22.1 Å². The Bertz CT molecular complexity index is 578. The van der Waals surface area contributed by atoms with E-state index in [9.17, 15) is 18.3 Å². The lowest BCUT2D eigenvalue weighted by Gasteiger charge is -2.11. The molecule has 0 saturated heterocycles. The highest BCUT2D eigenvalue weighted by molar-refractivity contribution is 7.10. The van der Waals surface area contributed by atoms with E-state index in [2.05, 4.69) is 0 Å². The first-order chi connectivity index (χ1) is 9.40. The average molecular weight is 302 g/mol. The molecule has 1 N–H and O–H groups in total. The molecule has 2 rings (SSSR count). The molecule has 0 radical (unpaired) electrons. The fraction of sp³-hybridized carbons (Fsp3) is 0.286. The quantitative estimate of drug-likeness (QED) is 0.923. The minimum Gasteiger partial charge on any atom is -0.496 e. The number of aliphatic hydroxyl groups excluding tert-OH is 1. The first kappa shape index (κ1) is 14.9. The topological polar surface area (TPSA) is 29.5 Å². The highest BCUT2D eigenvalue weighted by atomic mass is 32.1. The van der Waals surface area contributed by atoms with Crippen molar-refractivity contribution in [3.05, 3.63) is 51.7 Å². The minimum absolute atomic E-state index is 0.133. The van der Waals surface area contributed by atoms with Gasteiger partial charge in [0.2, 0.25) is 0 Å². The van der Waals surface area contributed by atoms with Crippen LogP contribution in [0.2, 0.25) is 0 Å². The molecule has 0 aliphatic carbocycles. The second-order valence-electron chi connectivity index (χ2n) is 4.31. The maximum atomic E-state index is 12.6. The summed E-state index contributed by atoms with van der Waals surface area (Å²) in [6.45, 7) is 0. The molecule has 2 aromatic rings. The van der Waals surface area contributed by atoms with Crippen LogP contribution in [-0.2, 0) is 12.6 Å². The number of ether oxygens (including phenoxy) is 1. The molecule has 6 heteroatoms. The highest BCUT2D eigenvalue weighted by Crippen LogP contribution is 2.32. The number of thiophene rings is 1. The summed E-state index contributed by atoms with van der Waals surface area (Å²) in [5.41, 5.74) is -0.259. The van der Waals surface area contributed by atoms with Gasteiger partial charge in [-0.1, -0.05) is 18.2 Å². The van der Waals surface area contributed by atoms with Gasteiger partial charge in [0.25, 0.3) is 0 Å². The Morgan fingerprint density at radius 2 is 2.05 bits per heavy atom. The van der Waals surface area contributed by atoms with E-state index in [0.29, 0.717) is 16.2 Å². The van der Waals surface area contributed by atoms with E-state index >= 15 is 0 Å². The molecule has 0 saturated carbocycles. The molecule has 0 aliphatic heterocycles. The second-order valence-corrected chi connectivity index (χ2v) is 5.25. The van der Waals surface area contributed by atoms with Gasteiger partial charge in [-0.3, -0.25) is 0 Å². The monoisotopic (exact) mass is 302 g/mol. The summed E-state index contributed by atoms with van der Waals surface area (Å²) in [5.74, 6) is 0.632. The molecular formula is C14H13F3O2S. The summed E-state index contributed by atoms with van der Waals surface area (Å²) in [6.07, 6.45) is -5.08. The Morgan fingerprint density at radius 1 is 1.30 bits per heavy atom. The fourth-order valence-corrected chi connectivity index (χ4v) is 2.66. The fourth-order valence-electron chi connectivity index (χ4n) is 1.81. The largest absolute Gasteiger partial charge is 0.496 e. The number of benzene rings is 1. The average Bonchev–Trinajstić information content (AvgIpc) is 2.87. The van der Waals surface area contributed by atoms with Crippen LogP contribution in [0.5, 0.6) is 5.75 Å². The predicted molar refractivity (Wildman–Crippen MR) is 71.0 cm³/mol. The minimum atomic E-state index is -4.37. The van der Waals surface area contributed by atoms with Gasteiger partial charge in [0, 0.05) is 16.7 Å². The van der Waals surface area contributed by atoms with E-state index in [4.69, 9.17) is 4.74 Å². The van der Waals surface area contributed by atoms with Crippen molar-refractivity contribution in [3.8, 4) is 5.75 Å². The Kier molecular flexibility index (Phi) is 4.35. The molecule has 1 unspecified atom stereocenters. The Balaban J connectivity index is 2.13. The highest BCUT2D eigenvalue weighted by Gasteiger charge is 2.30. The van der Waals surface area contributed by atoms with Crippen LogP contribution in [0.25, 0.3) is 0 Å². The summed E-state index contributed by atoms with van der Waals surface area (Å²) < 4.78 is 42.8. The maximum Gasteiger partial charge on any atom is 0.416 e. The van der Waals surface area contributed by atoms with Crippen LogP contribution in [0.3, 0.4) is 0 Å². The number of halogens is 3. The summed E-state index contributed by atoms with van der Waals surface area (Å²) in [5, 5.41) is 11.8. The van der Waals surface area contributed by atoms with Gasteiger partial charge in [-0.15, -0.1) is 11.3 Å². The number of aliphatic hydroxyl groups is 1. The number of hydrogen-bond acceptors (Lipinski definition) is 3. The molecule has 1 aromatic carbocycles. The maximum absolute atomic E-state index is 12.6. The zero-order valence-electron chi connectivity index (χ0n) is 10.6. The summed E-state index contributed by atoms with van der Waals surface area (Å²) in [4.78, 5) is 0.666. The number of alkyl halides is 3. The first-order valence-electron chi connectivity index (χ1n) is 5.87. The molecule has 0 spiro atoms. The Labute approximate surface area is 118 Å². The molecule has 0 aliphatic rings. The lowest BCUT2D eigenvalue weighted by Crippen LogP contribution is -2.06. The molecule has 108 valence electrons. The van der Waals surface area contributed by atoms with E-state index in [1.54, 1.807) is 17.5 Å². The van der Waals surface area contributed by atoms with Gasteiger partial charge >= 0.3 is 6.18 Å². The summed E-state index contributed by atoms with van der Waals surface area (Å²) in [7, 11) is 1.52. The molecule has 1 atom stereocenters. The zero-order chi connectivity index (χ0) is 14.8. The Hall–Kier alpha value is -1.53. The normalized spacial score (nSPS) is 13.2. The van der Waals surface area contributed by atoms with Crippen molar-refractivity contribution >= 4 is 11.3 Å². The third kappa shape index (κ3) is 3.52. The molecule has 1 heterocycles. The molecule has 0 fully saturated rings. The smallest absolute Gasteiger partial charge is 0.416 e. The summed E-state index contributed by atoms with van der Waals surface area (Å²) in [6, 6.07) is 6.68. The van der Waals surface area contributed by atoms with Crippen LogP contribution in [0, 0.1) is 0 Å². The van der Waals surface area contributed by atoms with Crippen LogP contribution < -0.4 is 4.74 Å². The molecule has 20 heavy (non-hydrogen) atoms. The van der Waals surface area contributed by atoms with Crippen LogP contribution in [0.4, 0.5) is 13.2 Å². The van der Waals surface area contributed by atoms with E-state index in [0.717, 1.165) is 12.1 Å². The second kappa shape index (κ2) is 5.85. The lowest BCUT2D eigenvalue weighted by atomic mass is 10.0. The van der Waals surface area contributed by atoms with Crippen molar-refractivity contribution in [1.29, 1.82) is 0 Å². The van der Waals surface area contributed by atoms with Crippen LogP contribution in [0.15, 0.2) is 35.7 Å². The van der Waals surface area contributed by atoms with E-state index < -0.39 is 17.8 Å². The lowest BCUT2D eigenvalue weighted by molar-refractivity contribution is -0.137. The van der Waals surface area contributed by atoms with E-state index in [-0.39, 0.29) is 6.42 Å². The van der Waals surface area contributed by atoms with Crippen molar-refractivity contribution in [1.82, 2.24) is 0 Å². The van der Waals surface area contributed by atoms with Gasteiger partial charge < -0.3 is 9.84 Å². The Morgan fingerprint density at radius 3 is 2.65 bits per heavy atom. The first-order valence-corrected chi connectivity index (χ1v) is 6.74. The van der Waals surface area contributed by atoms with Gasteiger partial charge in [-0.2, -0.15) is 13.2 Å². The van der Waals surface area contributed by atoms with E-state index in [1.165, 1.54) is 24.5 Å².